The molecule has 1 aromatic heterocycles. The Bertz CT molecular complexity index is 1140. The molecule has 2 N–H and O–H groups in total. The van der Waals surface area contributed by atoms with Gasteiger partial charge in [-0.1, -0.05) is 0 Å². The van der Waals surface area contributed by atoms with Crippen molar-refractivity contribution in [3.63, 3.8) is 0 Å². The summed E-state index contributed by atoms with van der Waals surface area (Å²) in [5, 5.41) is 2.47. The van der Waals surface area contributed by atoms with Gasteiger partial charge in [0.2, 0.25) is 5.95 Å². The van der Waals surface area contributed by atoms with Crippen LogP contribution in [0.2, 0.25) is 0 Å². The largest absolute Gasteiger partial charge is 0.322 e. The molecule has 1 heterocycles. The van der Waals surface area contributed by atoms with Crippen LogP contribution in [0.1, 0.15) is 16.1 Å². The van der Waals surface area contributed by atoms with Crippen molar-refractivity contribution in [1.29, 1.82) is 0 Å². The van der Waals surface area contributed by atoms with Gasteiger partial charge < -0.3 is 5.32 Å². The van der Waals surface area contributed by atoms with Crippen molar-refractivity contribution >= 4 is 27.6 Å². The Morgan fingerprint density at radius 2 is 1.71 bits per heavy atom. The number of nitrogens with zero attached hydrogens (tertiary/aromatic N) is 2. The zero-order chi connectivity index (χ0) is 20.3. The molecule has 0 saturated carbocycles. The van der Waals surface area contributed by atoms with E-state index in [1.807, 2.05) is 0 Å². The van der Waals surface area contributed by atoms with Crippen LogP contribution in [-0.4, -0.2) is 24.3 Å². The van der Waals surface area contributed by atoms with Gasteiger partial charge in [0.05, 0.1) is 4.90 Å². The summed E-state index contributed by atoms with van der Waals surface area (Å²) in [6.07, 6.45) is 1.43. The molecule has 0 saturated heterocycles. The van der Waals surface area contributed by atoms with Crippen LogP contribution in [0.5, 0.6) is 0 Å². The maximum atomic E-state index is 13.2. The molecule has 3 aromatic rings. The quantitative estimate of drug-likeness (QED) is 0.680. The molecule has 0 unspecified atom stereocenters. The number of nitrogens with one attached hydrogen (secondary N) is 2. The summed E-state index contributed by atoms with van der Waals surface area (Å²) in [6, 6.07) is 9.67. The Morgan fingerprint density at radius 1 is 1.00 bits per heavy atom. The van der Waals surface area contributed by atoms with Crippen molar-refractivity contribution in [3.05, 3.63) is 77.6 Å². The normalized spacial score (nSPS) is 11.1. The molecule has 0 atom stereocenters. The number of anilines is 2. The highest BCUT2D eigenvalue weighted by Crippen LogP contribution is 2.18. The fourth-order valence-electron chi connectivity index (χ4n) is 2.24. The van der Waals surface area contributed by atoms with Gasteiger partial charge in [0.25, 0.3) is 15.9 Å². The van der Waals surface area contributed by atoms with Crippen LogP contribution >= 0.6 is 0 Å². The molecule has 0 aliphatic heterocycles. The van der Waals surface area contributed by atoms with Gasteiger partial charge in [-0.3, -0.25) is 4.79 Å². The number of aromatic nitrogens is 2. The number of aryl methyl sites for hydroxylation is 1. The standard InChI is InChI=1S/C18H14F2N4O3S/c1-11-8-9-21-18(22-11)24-28(26,27)14-5-3-13(4-6-14)23-17(25)12-2-7-15(19)16(20)10-12/h2-10H,1H3,(H,23,25)(H,21,22,24). The average molecular weight is 404 g/mol. The van der Waals surface area contributed by atoms with Crippen LogP contribution in [0.3, 0.4) is 0 Å². The van der Waals surface area contributed by atoms with Crippen LogP contribution in [0, 0.1) is 18.6 Å². The minimum Gasteiger partial charge on any atom is -0.322 e. The molecule has 0 fully saturated rings. The first kappa shape index (κ1) is 19.4. The number of sulfonamides is 1. The van der Waals surface area contributed by atoms with Crippen molar-refractivity contribution in [2.24, 2.45) is 0 Å². The van der Waals surface area contributed by atoms with Gasteiger partial charge in [-0.15, -0.1) is 0 Å². The molecule has 0 aliphatic rings. The molecule has 0 radical (unpaired) electrons. The Morgan fingerprint density at radius 3 is 2.36 bits per heavy atom. The van der Waals surface area contributed by atoms with E-state index >= 15 is 0 Å². The van der Waals surface area contributed by atoms with E-state index in [0.29, 0.717) is 5.69 Å². The van der Waals surface area contributed by atoms with E-state index in [2.05, 4.69) is 20.0 Å². The predicted molar refractivity (Wildman–Crippen MR) is 98.3 cm³/mol. The van der Waals surface area contributed by atoms with Gasteiger partial charge in [0, 0.05) is 23.1 Å². The minimum absolute atomic E-state index is 0.0595. The summed E-state index contributed by atoms with van der Waals surface area (Å²) < 4.78 is 53.2. The van der Waals surface area contributed by atoms with Gasteiger partial charge in [0.1, 0.15) is 0 Å². The SMILES string of the molecule is Cc1ccnc(NS(=O)(=O)c2ccc(NC(=O)c3ccc(F)c(F)c3)cc2)n1. The van der Waals surface area contributed by atoms with Crippen molar-refractivity contribution in [1.82, 2.24) is 9.97 Å². The first-order chi connectivity index (χ1) is 13.2. The van der Waals surface area contributed by atoms with E-state index < -0.39 is 27.6 Å². The van der Waals surface area contributed by atoms with Gasteiger partial charge in [-0.25, -0.2) is 31.9 Å². The zero-order valence-corrected chi connectivity index (χ0v) is 15.3. The molecule has 1 amide bonds. The van der Waals surface area contributed by atoms with E-state index in [1.54, 1.807) is 13.0 Å². The van der Waals surface area contributed by atoms with Crippen LogP contribution in [0.15, 0.2) is 59.6 Å². The van der Waals surface area contributed by atoms with E-state index in [4.69, 9.17) is 0 Å². The summed E-state index contributed by atoms with van der Waals surface area (Å²) in [7, 11) is -3.92. The number of rotatable bonds is 5. The molecular weight excluding hydrogens is 390 g/mol. The van der Waals surface area contributed by atoms with E-state index in [-0.39, 0.29) is 22.1 Å². The van der Waals surface area contributed by atoms with Crippen molar-refractivity contribution in [3.8, 4) is 0 Å². The second kappa shape index (κ2) is 7.69. The van der Waals surface area contributed by atoms with Crippen LogP contribution in [-0.2, 0) is 10.0 Å². The second-order valence-corrected chi connectivity index (χ2v) is 7.42. The van der Waals surface area contributed by atoms with Crippen molar-refractivity contribution in [2.75, 3.05) is 10.0 Å². The molecule has 2 aromatic carbocycles. The molecule has 144 valence electrons. The predicted octanol–water partition coefficient (Wildman–Crippen LogP) is 3.12. The second-order valence-electron chi connectivity index (χ2n) is 5.73. The van der Waals surface area contributed by atoms with Gasteiger partial charge in [-0.05, 0) is 55.5 Å². The van der Waals surface area contributed by atoms with Crippen LogP contribution in [0.25, 0.3) is 0 Å². The maximum Gasteiger partial charge on any atom is 0.264 e. The number of hydrogen-bond donors (Lipinski definition) is 2. The molecule has 0 aliphatic carbocycles. The lowest BCUT2D eigenvalue weighted by Crippen LogP contribution is -2.16. The Balaban J connectivity index is 1.73. The van der Waals surface area contributed by atoms with Crippen molar-refractivity contribution < 1.29 is 22.0 Å². The molecule has 10 heteroatoms. The number of carbonyl (C=O) groups excluding carboxylic acids is 1. The Kier molecular flexibility index (Phi) is 5.32. The van der Waals surface area contributed by atoms with Gasteiger partial charge in [-0.2, -0.15) is 0 Å². The summed E-state index contributed by atoms with van der Waals surface area (Å²) in [5.74, 6) is -2.92. The molecule has 3 rings (SSSR count). The summed E-state index contributed by atoms with van der Waals surface area (Å²) >= 11 is 0. The summed E-state index contributed by atoms with van der Waals surface area (Å²) in [4.78, 5) is 19.8. The summed E-state index contributed by atoms with van der Waals surface area (Å²) in [6.45, 7) is 1.70. The Hall–Kier alpha value is -3.40. The van der Waals surface area contributed by atoms with E-state index in [0.717, 1.165) is 18.2 Å². The molecule has 0 bridgehead atoms. The summed E-state index contributed by atoms with van der Waals surface area (Å²) in [5.41, 5.74) is 0.803. The minimum atomic E-state index is -3.92. The van der Waals surface area contributed by atoms with E-state index in [1.165, 1.54) is 30.5 Å². The topological polar surface area (TPSA) is 101 Å². The fourth-order valence-corrected chi connectivity index (χ4v) is 3.19. The van der Waals surface area contributed by atoms with E-state index in [9.17, 15) is 22.0 Å². The number of benzene rings is 2. The highest BCUT2D eigenvalue weighted by molar-refractivity contribution is 7.92. The average Bonchev–Trinajstić information content (AvgIpc) is 2.64. The monoisotopic (exact) mass is 404 g/mol. The number of amides is 1. The number of hydrogen-bond acceptors (Lipinski definition) is 5. The highest BCUT2D eigenvalue weighted by Gasteiger charge is 2.16. The maximum absolute atomic E-state index is 13.2. The third-order valence-corrected chi connectivity index (χ3v) is 4.97. The lowest BCUT2D eigenvalue weighted by molar-refractivity contribution is 0.102. The lowest BCUT2D eigenvalue weighted by Gasteiger charge is -2.09. The van der Waals surface area contributed by atoms with Crippen molar-refractivity contribution in [2.45, 2.75) is 11.8 Å². The van der Waals surface area contributed by atoms with Gasteiger partial charge in [0.15, 0.2) is 11.6 Å². The lowest BCUT2D eigenvalue weighted by atomic mass is 10.2. The fraction of sp³-hybridized carbons (Fsp3) is 0.0556. The molecular formula is C18H14F2N4O3S. The van der Waals surface area contributed by atoms with Crippen LogP contribution in [0.4, 0.5) is 20.4 Å². The number of carbonyl (C=O) groups is 1. The third kappa shape index (κ3) is 4.46. The number of halogens is 2. The highest BCUT2D eigenvalue weighted by atomic mass is 32.2. The smallest absolute Gasteiger partial charge is 0.264 e. The first-order valence-corrected chi connectivity index (χ1v) is 9.42. The molecule has 0 spiro atoms. The molecule has 7 nitrogen and oxygen atoms in total. The van der Waals surface area contributed by atoms with Crippen LogP contribution < -0.4 is 10.0 Å². The molecule has 28 heavy (non-hydrogen) atoms. The third-order valence-electron chi connectivity index (χ3n) is 3.62. The first-order valence-electron chi connectivity index (χ1n) is 7.93. The van der Waals surface area contributed by atoms with Gasteiger partial charge >= 0.3 is 0 Å². The Labute approximate surface area is 159 Å². The zero-order valence-electron chi connectivity index (χ0n) is 14.5.